The zero-order valence-electron chi connectivity index (χ0n) is 14.0. The number of rotatable bonds is 3. The van der Waals surface area contributed by atoms with Gasteiger partial charge in [0.15, 0.2) is 0 Å². The van der Waals surface area contributed by atoms with Gasteiger partial charge in [0, 0.05) is 36.8 Å². The molecule has 3 heterocycles. The first-order chi connectivity index (χ1) is 11.4. The molecule has 1 N–H and O–H groups in total. The Morgan fingerprint density at radius 3 is 2.79 bits per heavy atom. The van der Waals surface area contributed by atoms with Gasteiger partial charge < -0.3 is 10.2 Å². The second-order valence-corrected chi connectivity index (χ2v) is 7.02. The predicted octanol–water partition coefficient (Wildman–Crippen LogP) is 2.27. The molecular weight excluding hydrogens is 322 g/mol. The smallest absolute Gasteiger partial charge is 0.217 e. The number of hydrogen-bond acceptors (Lipinski definition) is 6. The lowest BCUT2D eigenvalue weighted by atomic mass is 9.99. The van der Waals surface area contributed by atoms with Crippen molar-refractivity contribution in [3.63, 3.8) is 0 Å². The minimum absolute atomic E-state index is 0.0811. The Labute approximate surface area is 145 Å². The van der Waals surface area contributed by atoms with E-state index in [1.165, 1.54) is 6.92 Å². The number of thiazole rings is 1. The van der Waals surface area contributed by atoms with Crippen LogP contribution in [0.15, 0.2) is 17.5 Å². The molecule has 0 radical (unpaired) electrons. The number of pyridine rings is 1. The number of nitriles is 1. The van der Waals surface area contributed by atoms with E-state index in [1.807, 2.05) is 25.3 Å². The van der Waals surface area contributed by atoms with Crippen LogP contribution in [0.5, 0.6) is 0 Å². The van der Waals surface area contributed by atoms with Crippen LogP contribution >= 0.6 is 11.3 Å². The lowest BCUT2D eigenvalue weighted by molar-refractivity contribution is -0.120. The standard InChI is InChI=1S/C17H19N5OS/c1-11-4-5-14(8-18)15(19-11)22-7-6-17(10-22,21-13(3)23)16-20-12(2)9-24-16/h4-5,9H,6-7,10H2,1-3H3,(H,21,23). The maximum Gasteiger partial charge on any atom is 0.217 e. The SMILES string of the molecule is CC(=O)NC1(c2nc(C)cs2)CCN(c2nc(C)ccc2C#N)C1. The average molecular weight is 341 g/mol. The Kier molecular flexibility index (Phi) is 4.24. The molecule has 2 aromatic heterocycles. The summed E-state index contributed by atoms with van der Waals surface area (Å²) >= 11 is 1.56. The molecule has 0 saturated carbocycles. The molecule has 1 atom stereocenters. The van der Waals surface area contributed by atoms with E-state index >= 15 is 0 Å². The van der Waals surface area contributed by atoms with E-state index in [-0.39, 0.29) is 5.91 Å². The molecule has 6 nitrogen and oxygen atoms in total. The largest absolute Gasteiger partial charge is 0.353 e. The first kappa shape index (κ1) is 16.4. The quantitative estimate of drug-likeness (QED) is 0.926. The van der Waals surface area contributed by atoms with Crippen LogP contribution in [-0.4, -0.2) is 29.0 Å². The van der Waals surface area contributed by atoms with Crippen molar-refractivity contribution in [2.24, 2.45) is 0 Å². The Hall–Kier alpha value is -2.46. The number of aryl methyl sites for hydroxylation is 2. The molecular formula is C17H19N5OS. The van der Waals surface area contributed by atoms with Gasteiger partial charge in [-0.15, -0.1) is 11.3 Å². The maximum absolute atomic E-state index is 11.8. The molecule has 24 heavy (non-hydrogen) atoms. The second kappa shape index (κ2) is 6.21. The van der Waals surface area contributed by atoms with E-state index in [1.54, 1.807) is 17.4 Å². The second-order valence-electron chi connectivity index (χ2n) is 6.16. The molecule has 1 aliphatic heterocycles. The number of anilines is 1. The Morgan fingerprint density at radius 2 is 2.17 bits per heavy atom. The third kappa shape index (κ3) is 2.97. The van der Waals surface area contributed by atoms with Crippen molar-refractivity contribution in [3.8, 4) is 6.07 Å². The molecule has 0 spiro atoms. The molecule has 1 unspecified atom stereocenters. The lowest BCUT2D eigenvalue weighted by Gasteiger charge is -2.28. The molecule has 124 valence electrons. The van der Waals surface area contributed by atoms with Gasteiger partial charge in [-0.3, -0.25) is 4.79 Å². The highest BCUT2D eigenvalue weighted by atomic mass is 32.1. The van der Waals surface area contributed by atoms with Gasteiger partial charge in [-0.05, 0) is 32.4 Å². The number of aromatic nitrogens is 2. The molecule has 7 heteroatoms. The number of amides is 1. The van der Waals surface area contributed by atoms with Crippen LogP contribution in [0.3, 0.4) is 0 Å². The van der Waals surface area contributed by atoms with Crippen molar-refractivity contribution in [3.05, 3.63) is 39.5 Å². The van der Waals surface area contributed by atoms with Crippen molar-refractivity contribution in [1.29, 1.82) is 5.26 Å². The summed E-state index contributed by atoms with van der Waals surface area (Å²) in [5.41, 5.74) is 1.84. The highest BCUT2D eigenvalue weighted by Gasteiger charge is 2.43. The normalized spacial score (nSPS) is 20.0. The fourth-order valence-electron chi connectivity index (χ4n) is 3.10. The van der Waals surface area contributed by atoms with E-state index in [2.05, 4.69) is 26.3 Å². The molecule has 1 aliphatic rings. The van der Waals surface area contributed by atoms with Gasteiger partial charge in [0.2, 0.25) is 5.91 Å². The van der Waals surface area contributed by atoms with Gasteiger partial charge in [0.25, 0.3) is 0 Å². The molecule has 0 bridgehead atoms. The highest BCUT2D eigenvalue weighted by molar-refractivity contribution is 7.09. The van der Waals surface area contributed by atoms with Crippen LogP contribution in [0.25, 0.3) is 0 Å². The van der Waals surface area contributed by atoms with Gasteiger partial charge in [-0.1, -0.05) is 0 Å². The van der Waals surface area contributed by atoms with Crippen LogP contribution in [0.1, 0.15) is 35.3 Å². The minimum atomic E-state index is -0.525. The van der Waals surface area contributed by atoms with E-state index in [0.717, 1.165) is 22.8 Å². The Balaban J connectivity index is 1.98. The molecule has 1 amide bonds. The molecule has 1 saturated heterocycles. The molecule has 0 aromatic carbocycles. The summed E-state index contributed by atoms with van der Waals surface area (Å²) in [4.78, 5) is 23.0. The zero-order chi connectivity index (χ0) is 17.3. The van der Waals surface area contributed by atoms with E-state index in [9.17, 15) is 10.1 Å². The number of carbonyl (C=O) groups is 1. The van der Waals surface area contributed by atoms with Gasteiger partial charge in [0.05, 0.1) is 5.56 Å². The van der Waals surface area contributed by atoms with Crippen LogP contribution in [0.4, 0.5) is 5.82 Å². The van der Waals surface area contributed by atoms with Crippen molar-refractivity contribution in [2.45, 2.75) is 32.7 Å². The predicted molar refractivity (Wildman–Crippen MR) is 92.9 cm³/mol. The lowest BCUT2D eigenvalue weighted by Crippen LogP contribution is -2.47. The topological polar surface area (TPSA) is 81.9 Å². The zero-order valence-corrected chi connectivity index (χ0v) is 14.8. The minimum Gasteiger partial charge on any atom is -0.353 e. The van der Waals surface area contributed by atoms with Crippen molar-refractivity contribution >= 4 is 23.1 Å². The number of nitrogens with one attached hydrogen (secondary N) is 1. The van der Waals surface area contributed by atoms with Crippen molar-refractivity contribution in [2.75, 3.05) is 18.0 Å². The monoisotopic (exact) mass is 341 g/mol. The van der Waals surface area contributed by atoms with Gasteiger partial charge in [-0.25, -0.2) is 9.97 Å². The van der Waals surface area contributed by atoms with Gasteiger partial charge in [0.1, 0.15) is 22.4 Å². The Morgan fingerprint density at radius 1 is 1.38 bits per heavy atom. The summed E-state index contributed by atoms with van der Waals surface area (Å²) in [5, 5.41) is 15.4. The third-order valence-corrected chi connectivity index (χ3v) is 5.31. The summed E-state index contributed by atoms with van der Waals surface area (Å²) in [6, 6.07) is 5.84. The van der Waals surface area contributed by atoms with Gasteiger partial charge in [-0.2, -0.15) is 5.26 Å². The summed E-state index contributed by atoms with van der Waals surface area (Å²) in [6.07, 6.45) is 0.736. The van der Waals surface area contributed by atoms with E-state index in [4.69, 9.17) is 0 Å². The van der Waals surface area contributed by atoms with E-state index < -0.39 is 5.54 Å². The number of hydrogen-bond donors (Lipinski definition) is 1. The first-order valence-electron chi connectivity index (χ1n) is 7.77. The summed E-state index contributed by atoms with van der Waals surface area (Å²) in [5.74, 6) is 0.598. The fourth-order valence-corrected chi connectivity index (χ4v) is 4.08. The average Bonchev–Trinajstić information content (AvgIpc) is 3.14. The van der Waals surface area contributed by atoms with Crippen molar-refractivity contribution in [1.82, 2.24) is 15.3 Å². The summed E-state index contributed by atoms with van der Waals surface area (Å²) in [6.45, 7) is 6.65. The fraction of sp³-hybridized carbons (Fsp3) is 0.412. The molecule has 1 fully saturated rings. The van der Waals surface area contributed by atoms with E-state index in [0.29, 0.717) is 24.5 Å². The molecule has 2 aromatic rings. The Bertz CT molecular complexity index is 825. The van der Waals surface area contributed by atoms with Crippen LogP contribution < -0.4 is 10.2 Å². The first-order valence-corrected chi connectivity index (χ1v) is 8.65. The maximum atomic E-state index is 11.8. The van der Waals surface area contributed by atoms with Crippen LogP contribution in [0.2, 0.25) is 0 Å². The molecule has 3 rings (SSSR count). The number of carbonyl (C=O) groups excluding carboxylic acids is 1. The number of nitrogens with zero attached hydrogens (tertiary/aromatic N) is 4. The molecule has 0 aliphatic carbocycles. The van der Waals surface area contributed by atoms with Crippen LogP contribution in [0, 0.1) is 25.2 Å². The summed E-state index contributed by atoms with van der Waals surface area (Å²) in [7, 11) is 0. The highest BCUT2D eigenvalue weighted by Crippen LogP contribution is 2.36. The van der Waals surface area contributed by atoms with Crippen LogP contribution in [-0.2, 0) is 10.3 Å². The van der Waals surface area contributed by atoms with Gasteiger partial charge >= 0.3 is 0 Å². The summed E-state index contributed by atoms with van der Waals surface area (Å²) < 4.78 is 0. The third-order valence-electron chi connectivity index (χ3n) is 4.15. The van der Waals surface area contributed by atoms with Crippen molar-refractivity contribution < 1.29 is 4.79 Å².